The summed E-state index contributed by atoms with van der Waals surface area (Å²) >= 11 is 0. The summed E-state index contributed by atoms with van der Waals surface area (Å²) in [4.78, 5) is 5.43. The predicted molar refractivity (Wildman–Crippen MR) is 86.9 cm³/mol. The largest absolute Gasteiger partial charge is 0.330 e. The van der Waals surface area contributed by atoms with Crippen molar-refractivity contribution in [3.8, 4) is 0 Å². The normalized spacial score (nSPS) is 33.5. The molecule has 1 aliphatic heterocycles. The van der Waals surface area contributed by atoms with E-state index < -0.39 is 0 Å². The number of piperazine rings is 1. The van der Waals surface area contributed by atoms with E-state index in [0.29, 0.717) is 0 Å². The smallest absolute Gasteiger partial charge is 0.0113 e. The summed E-state index contributed by atoms with van der Waals surface area (Å²) < 4.78 is 0. The van der Waals surface area contributed by atoms with Crippen LogP contribution in [-0.4, -0.2) is 55.1 Å². The zero-order valence-electron chi connectivity index (χ0n) is 13.7. The Bertz CT molecular complexity index is 261. The van der Waals surface area contributed by atoms with Gasteiger partial charge in [0.1, 0.15) is 0 Å². The van der Waals surface area contributed by atoms with Gasteiger partial charge in [0, 0.05) is 32.2 Å². The van der Waals surface area contributed by atoms with Crippen molar-refractivity contribution in [1.82, 2.24) is 9.80 Å². The highest BCUT2D eigenvalue weighted by molar-refractivity contribution is 4.84. The third-order valence-corrected chi connectivity index (χ3v) is 5.67. The van der Waals surface area contributed by atoms with E-state index in [9.17, 15) is 0 Å². The van der Waals surface area contributed by atoms with Gasteiger partial charge in [-0.2, -0.15) is 0 Å². The maximum atomic E-state index is 5.55. The first kappa shape index (κ1) is 16.3. The lowest BCUT2D eigenvalue weighted by atomic mass is 9.78. The Morgan fingerprint density at radius 1 is 0.900 bits per heavy atom. The lowest BCUT2D eigenvalue weighted by Crippen LogP contribution is -2.51. The second-order valence-electron chi connectivity index (χ2n) is 7.15. The van der Waals surface area contributed by atoms with Crippen molar-refractivity contribution in [2.75, 3.05) is 39.3 Å². The average molecular weight is 281 g/mol. The highest BCUT2D eigenvalue weighted by Gasteiger charge is 2.30. The Hall–Kier alpha value is -0.120. The zero-order chi connectivity index (χ0) is 14.4. The van der Waals surface area contributed by atoms with Crippen LogP contribution in [0.3, 0.4) is 0 Å². The van der Waals surface area contributed by atoms with Gasteiger partial charge in [0.15, 0.2) is 0 Å². The van der Waals surface area contributed by atoms with Crippen molar-refractivity contribution < 1.29 is 0 Å². The molecule has 1 saturated heterocycles. The Balaban J connectivity index is 1.64. The van der Waals surface area contributed by atoms with Crippen molar-refractivity contribution >= 4 is 0 Å². The van der Waals surface area contributed by atoms with Gasteiger partial charge in [-0.25, -0.2) is 0 Å². The quantitative estimate of drug-likeness (QED) is 0.760. The van der Waals surface area contributed by atoms with Gasteiger partial charge in [-0.3, -0.25) is 4.90 Å². The van der Waals surface area contributed by atoms with Gasteiger partial charge in [-0.1, -0.05) is 20.3 Å². The average Bonchev–Trinajstić information content (AvgIpc) is 2.47. The molecule has 3 heteroatoms. The minimum atomic E-state index is 0.853. The molecular formula is C17H35N3. The third kappa shape index (κ3) is 4.71. The highest BCUT2D eigenvalue weighted by atomic mass is 15.3. The summed E-state index contributed by atoms with van der Waals surface area (Å²) in [5, 5.41) is 0. The van der Waals surface area contributed by atoms with Gasteiger partial charge >= 0.3 is 0 Å². The molecule has 2 N–H and O–H groups in total. The van der Waals surface area contributed by atoms with E-state index in [1.807, 2.05) is 0 Å². The fourth-order valence-corrected chi connectivity index (χ4v) is 3.86. The maximum Gasteiger partial charge on any atom is 0.0113 e. The fraction of sp³-hybridized carbons (Fsp3) is 1.00. The predicted octanol–water partition coefficient (Wildman–Crippen LogP) is 2.56. The number of nitrogens with two attached hydrogens (primary N) is 1. The third-order valence-electron chi connectivity index (χ3n) is 5.67. The number of hydrogen-bond acceptors (Lipinski definition) is 3. The van der Waals surface area contributed by atoms with Crippen LogP contribution in [0.15, 0.2) is 0 Å². The molecule has 3 atom stereocenters. The number of hydrogen-bond donors (Lipinski definition) is 1. The first-order valence-electron chi connectivity index (χ1n) is 8.87. The lowest BCUT2D eigenvalue weighted by Gasteiger charge is -2.43. The van der Waals surface area contributed by atoms with Crippen LogP contribution < -0.4 is 5.73 Å². The summed E-state index contributed by atoms with van der Waals surface area (Å²) in [7, 11) is 0. The van der Waals surface area contributed by atoms with E-state index in [4.69, 9.17) is 5.73 Å². The topological polar surface area (TPSA) is 32.5 Å². The summed E-state index contributed by atoms with van der Waals surface area (Å²) in [5.41, 5.74) is 5.55. The van der Waals surface area contributed by atoms with Gasteiger partial charge in [0.2, 0.25) is 0 Å². The van der Waals surface area contributed by atoms with Crippen LogP contribution in [0.25, 0.3) is 0 Å². The van der Waals surface area contributed by atoms with Gasteiger partial charge in [0.25, 0.3) is 0 Å². The molecule has 2 rings (SSSR count). The van der Waals surface area contributed by atoms with Crippen LogP contribution in [0, 0.1) is 11.8 Å². The molecule has 1 heterocycles. The van der Waals surface area contributed by atoms with Crippen LogP contribution in [0.2, 0.25) is 0 Å². The Morgan fingerprint density at radius 3 is 2.30 bits per heavy atom. The van der Waals surface area contributed by atoms with Crippen molar-refractivity contribution in [2.24, 2.45) is 17.6 Å². The second kappa shape index (κ2) is 8.35. The number of rotatable bonds is 6. The SMILES string of the molecule is CC1CCC(N2CCN(CCCCCN)CC2)CC1C. The van der Waals surface area contributed by atoms with Crippen LogP contribution in [0.1, 0.15) is 52.4 Å². The summed E-state index contributed by atoms with van der Waals surface area (Å²) in [5.74, 6) is 1.86. The van der Waals surface area contributed by atoms with Crippen LogP contribution in [-0.2, 0) is 0 Å². The molecular weight excluding hydrogens is 246 g/mol. The minimum absolute atomic E-state index is 0.853. The molecule has 118 valence electrons. The molecule has 0 spiro atoms. The molecule has 2 aliphatic rings. The Labute approximate surface area is 125 Å². The molecule has 0 aromatic rings. The molecule has 0 aromatic heterocycles. The fourth-order valence-electron chi connectivity index (χ4n) is 3.86. The molecule has 0 radical (unpaired) electrons. The molecule has 3 nitrogen and oxygen atoms in total. The number of nitrogens with zero attached hydrogens (tertiary/aromatic N) is 2. The first-order valence-corrected chi connectivity index (χ1v) is 8.87. The first-order chi connectivity index (χ1) is 9.70. The van der Waals surface area contributed by atoms with Crippen molar-refractivity contribution in [3.63, 3.8) is 0 Å². The minimum Gasteiger partial charge on any atom is -0.330 e. The number of unbranched alkanes of at least 4 members (excludes halogenated alkanes) is 2. The summed E-state index contributed by atoms with van der Waals surface area (Å²) in [6, 6.07) is 0.876. The zero-order valence-corrected chi connectivity index (χ0v) is 13.7. The van der Waals surface area contributed by atoms with Gasteiger partial charge in [-0.15, -0.1) is 0 Å². The molecule has 3 unspecified atom stereocenters. The summed E-state index contributed by atoms with van der Waals surface area (Å²) in [6.45, 7) is 12.2. The van der Waals surface area contributed by atoms with E-state index in [-0.39, 0.29) is 0 Å². The molecule has 2 fully saturated rings. The van der Waals surface area contributed by atoms with Gasteiger partial charge < -0.3 is 10.6 Å². The van der Waals surface area contributed by atoms with E-state index in [2.05, 4.69) is 23.6 Å². The molecule has 20 heavy (non-hydrogen) atoms. The molecule has 0 aromatic carbocycles. The van der Waals surface area contributed by atoms with Crippen LogP contribution in [0.4, 0.5) is 0 Å². The Morgan fingerprint density at radius 2 is 1.65 bits per heavy atom. The van der Waals surface area contributed by atoms with Crippen molar-refractivity contribution in [3.05, 3.63) is 0 Å². The molecule has 0 bridgehead atoms. The molecule has 0 amide bonds. The van der Waals surface area contributed by atoms with E-state index in [0.717, 1.165) is 24.4 Å². The molecule has 1 saturated carbocycles. The molecule has 1 aliphatic carbocycles. The van der Waals surface area contributed by atoms with Crippen molar-refractivity contribution in [1.29, 1.82) is 0 Å². The lowest BCUT2D eigenvalue weighted by molar-refractivity contribution is 0.0565. The Kier molecular flexibility index (Phi) is 6.79. The van der Waals surface area contributed by atoms with Gasteiger partial charge in [0.05, 0.1) is 0 Å². The standard InChI is InChI=1S/C17H35N3/c1-15-6-7-17(14-16(15)2)20-12-10-19(11-13-20)9-5-3-4-8-18/h15-17H,3-14,18H2,1-2H3. The monoisotopic (exact) mass is 281 g/mol. The van der Waals surface area contributed by atoms with Crippen LogP contribution in [0.5, 0.6) is 0 Å². The van der Waals surface area contributed by atoms with E-state index in [1.54, 1.807) is 0 Å². The van der Waals surface area contributed by atoms with E-state index >= 15 is 0 Å². The highest BCUT2D eigenvalue weighted by Crippen LogP contribution is 2.32. The maximum absolute atomic E-state index is 5.55. The van der Waals surface area contributed by atoms with Crippen molar-refractivity contribution in [2.45, 2.75) is 58.4 Å². The van der Waals surface area contributed by atoms with Crippen LogP contribution >= 0.6 is 0 Å². The van der Waals surface area contributed by atoms with Gasteiger partial charge in [-0.05, 0) is 57.0 Å². The van der Waals surface area contributed by atoms with E-state index in [1.165, 1.54) is 71.2 Å². The second-order valence-corrected chi connectivity index (χ2v) is 7.15. The summed E-state index contributed by atoms with van der Waals surface area (Å²) in [6.07, 6.45) is 8.12.